The number of anilines is 1. The summed E-state index contributed by atoms with van der Waals surface area (Å²) in [4.78, 5) is 16.9. The summed E-state index contributed by atoms with van der Waals surface area (Å²) in [7, 11) is 0. The maximum absolute atomic E-state index is 12.6. The van der Waals surface area contributed by atoms with E-state index in [1.165, 1.54) is 0 Å². The van der Waals surface area contributed by atoms with Crippen LogP contribution in [0.2, 0.25) is 0 Å². The number of carbonyl (C=O) groups is 1. The number of nitrogens with zero attached hydrogens (tertiary/aromatic N) is 1. The second-order valence-corrected chi connectivity index (χ2v) is 9.00. The van der Waals surface area contributed by atoms with Gasteiger partial charge in [0.05, 0.1) is 19.3 Å². The predicted octanol–water partition coefficient (Wildman–Crippen LogP) is 4.17. The number of pyridine rings is 1. The largest absolute Gasteiger partial charge is 0.487 e. The molecule has 6 heteroatoms. The highest BCUT2D eigenvalue weighted by atomic mass is 16.5. The van der Waals surface area contributed by atoms with Crippen LogP contribution in [0.5, 0.6) is 5.75 Å². The van der Waals surface area contributed by atoms with Crippen LogP contribution in [0, 0.1) is 12.8 Å². The van der Waals surface area contributed by atoms with E-state index in [0.717, 1.165) is 47.3 Å². The molecule has 160 valence electrons. The Balaban J connectivity index is 1.70. The van der Waals surface area contributed by atoms with E-state index in [1.807, 2.05) is 25.3 Å². The Kier molecular flexibility index (Phi) is 5.69. The first-order chi connectivity index (χ1) is 14.3. The minimum absolute atomic E-state index is 0.0832. The molecule has 2 aliphatic heterocycles. The summed E-state index contributed by atoms with van der Waals surface area (Å²) in [5, 5.41) is 3.29. The van der Waals surface area contributed by atoms with Gasteiger partial charge in [-0.2, -0.15) is 0 Å². The van der Waals surface area contributed by atoms with E-state index >= 15 is 0 Å². The average Bonchev–Trinajstić information content (AvgIpc) is 2.68. The lowest BCUT2D eigenvalue weighted by Crippen LogP contribution is -2.48. The molecular formula is C24H31N3O3. The number of nitrogens with one attached hydrogen (secondary N) is 1. The van der Waals surface area contributed by atoms with Crippen molar-refractivity contribution >= 4 is 11.7 Å². The molecule has 2 aliphatic rings. The van der Waals surface area contributed by atoms with E-state index in [9.17, 15) is 4.79 Å². The van der Waals surface area contributed by atoms with Crippen LogP contribution in [0.3, 0.4) is 0 Å². The maximum Gasteiger partial charge on any atom is 0.220 e. The Labute approximate surface area is 178 Å². The van der Waals surface area contributed by atoms with Crippen molar-refractivity contribution in [1.29, 1.82) is 0 Å². The number of nitrogen functional groups attached to an aromatic ring is 1. The molecule has 1 saturated heterocycles. The van der Waals surface area contributed by atoms with Crippen LogP contribution in [0.25, 0.3) is 11.1 Å². The van der Waals surface area contributed by atoms with E-state index in [0.29, 0.717) is 31.4 Å². The summed E-state index contributed by atoms with van der Waals surface area (Å²) >= 11 is 0. The van der Waals surface area contributed by atoms with E-state index in [2.05, 4.69) is 36.3 Å². The van der Waals surface area contributed by atoms with Crippen LogP contribution in [0.1, 0.15) is 56.7 Å². The zero-order valence-corrected chi connectivity index (χ0v) is 18.0. The normalized spacial score (nSPS) is 19.9. The van der Waals surface area contributed by atoms with E-state index in [4.69, 9.17) is 15.2 Å². The number of aromatic nitrogens is 1. The molecule has 1 aromatic heterocycles. The number of ether oxygens (including phenoxy) is 2. The monoisotopic (exact) mass is 409 g/mol. The number of nitrogens with two attached hydrogens (primary N) is 1. The molecule has 6 nitrogen and oxygen atoms in total. The minimum Gasteiger partial charge on any atom is -0.487 e. The van der Waals surface area contributed by atoms with Crippen molar-refractivity contribution in [3.05, 3.63) is 41.6 Å². The topological polar surface area (TPSA) is 86.5 Å². The second kappa shape index (κ2) is 8.26. The Morgan fingerprint density at radius 3 is 2.77 bits per heavy atom. The number of carbonyl (C=O) groups excluding carboxylic acids is 1. The van der Waals surface area contributed by atoms with Gasteiger partial charge in [0.25, 0.3) is 0 Å². The molecule has 1 atom stereocenters. The van der Waals surface area contributed by atoms with Gasteiger partial charge in [0.2, 0.25) is 5.91 Å². The number of hydrogen-bond acceptors (Lipinski definition) is 5. The Bertz CT molecular complexity index is 935. The summed E-state index contributed by atoms with van der Waals surface area (Å²) in [5.74, 6) is 1.76. The molecule has 0 radical (unpaired) electrons. The molecule has 2 aromatic rings. The molecule has 4 rings (SSSR count). The van der Waals surface area contributed by atoms with Crippen molar-refractivity contribution in [1.82, 2.24) is 10.3 Å². The maximum atomic E-state index is 12.6. The molecule has 1 amide bonds. The van der Waals surface area contributed by atoms with Gasteiger partial charge >= 0.3 is 0 Å². The summed E-state index contributed by atoms with van der Waals surface area (Å²) in [6.07, 6.45) is 4.76. The van der Waals surface area contributed by atoms with Gasteiger partial charge in [-0.05, 0) is 42.2 Å². The van der Waals surface area contributed by atoms with Gasteiger partial charge in [-0.25, -0.2) is 4.98 Å². The van der Waals surface area contributed by atoms with Crippen LogP contribution in [0.15, 0.2) is 30.5 Å². The summed E-state index contributed by atoms with van der Waals surface area (Å²) < 4.78 is 12.1. The van der Waals surface area contributed by atoms with E-state index in [-0.39, 0.29) is 17.6 Å². The molecule has 0 saturated carbocycles. The minimum atomic E-state index is -0.277. The lowest BCUT2D eigenvalue weighted by molar-refractivity contribution is -0.123. The van der Waals surface area contributed by atoms with Crippen LogP contribution in [-0.4, -0.2) is 29.7 Å². The number of aryl methyl sites for hydroxylation is 1. The van der Waals surface area contributed by atoms with E-state index < -0.39 is 0 Å². The third kappa shape index (κ3) is 4.29. The molecule has 0 bridgehead atoms. The fraction of sp³-hybridized carbons (Fsp3) is 0.500. The van der Waals surface area contributed by atoms with Crippen molar-refractivity contribution in [2.24, 2.45) is 5.92 Å². The van der Waals surface area contributed by atoms with Gasteiger partial charge in [-0.15, -0.1) is 0 Å². The van der Waals surface area contributed by atoms with E-state index in [1.54, 1.807) is 0 Å². The molecule has 1 fully saturated rings. The third-order valence-electron chi connectivity index (χ3n) is 6.06. The van der Waals surface area contributed by atoms with Gasteiger partial charge < -0.3 is 20.5 Å². The van der Waals surface area contributed by atoms with Gasteiger partial charge in [0.15, 0.2) is 0 Å². The summed E-state index contributed by atoms with van der Waals surface area (Å²) in [5.41, 5.74) is 9.72. The van der Waals surface area contributed by atoms with Crippen molar-refractivity contribution in [3.8, 4) is 16.9 Å². The Morgan fingerprint density at radius 1 is 1.30 bits per heavy atom. The SMILES string of the molecule is Cc1cc(N)ncc1-c1ccc2c(c1)C(NC(=O)CC(C)C)CC1(CCOCC1)O2. The number of hydrogen-bond donors (Lipinski definition) is 2. The number of rotatable bonds is 4. The second-order valence-electron chi connectivity index (χ2n) is 9.00. The first kappa shape index (κ1) is 20.7. The van der Waals surface area contributed by atoms with Gasteiger partial charge in [-0.3, -0.25) is 4.79 Å². The number of amides is 1. The molecule has 1 aromatic carbocycles. The number of benzene rings is 1. The van der Waals surface area contributed by atoms with Crippen LogP contribution in [-0.2, 0) is 9.53 Å². The zero-order chi connectivity index (χ0) is 21.3. The van der Waals surface area contributed by atoms with Crippen molar-refractivity contribution in [2.75, 3.05) is 18.9 Å². The highest BCUT2D eigenvalue weighted by molar-refractivity contribution is 5.77. The van der Waals surface area contributed by atoms with Gasteiger partial charge in [0, 0.05) is 43.0 Å². The molecular weight excluding hydrogens is 378 g/mol. The molecule has 0 aliphatic carbocycles. The standard InChI is InChI=1S/C24H31N3O3/c1-15(2)10-23(28)27-20-13-24(6-8-29-9-7-24)30-21-5-4-17(12-18(20)21)19-14-26-22(25)11-16(19)3/h4-5,11-12,14-15,20H,6-10,13H2,1-3H3,(H2,25,26)(H,27,28). The summed E-state index contributed by atoms with van der Waals surface area (Å²) in [6, 6.07) is 8.01. The first-order valence-electron chi connectivity index (χ1n) is 10.8. The third-order valence-corrected chi connectivity index (χ3v) is 6.06. The fourth-order valence-electron chi connectivity index (χ4n) is 4.52. The molecule has 3 N–H and O–H groups in total. The molecule has 1 spiro atoms. The molecule has 3 heterocycles. The van der Waals surface area contributed by atoms with Crippen molar-refractivity contribution < 1.29 is 14.3 Å². The lowest BCUT2D eigenvalue weighted by atomic mass is 9.81. The van der Waals surface area contributed by atoms with Gasteiger partial charge in [-0.1, -0.05) is 19.9 Å². The Hall–Kier alpha value is -2.60. The smallest absolute Gasteiger partial charge is 0.220 e. The molecule has 1 unspecified atom stereocenters. The van der Waals surface area contributed by atoms with Crippen LogP contribution in [0.4, 0.5) is 5.82 Å². The van der Waals surface area contributed by atoms with Crippen LogP contribution < -0.4 is 15.8 Å². The zero-order valence-electron chi connectivity index (χ0n) is 18.0. The Morgan fingerprint density at radius 2 is 2.07 bits per heavy atom. The predicted molar refractivity (Wildman–Crippen MR) is 117 cm³/mol. The first-order valence-corrected chi connectivity index (χ1v) is 10.8. The van der Waals surface area contributed by atoms with Gasteiger partial charge in [0.1, 0.15) is 17.2 Å². The van der Waals surface area contributed by atoms with Crippen molar-refractivity contribution in [2.45, 2.75) is 58.1 Å². The highest BCUT2D eigenvalue weighted by Gasteiger charge is 2.42. The fourth-order valence-corrected chi connectivity index (χ4v) is 4.52. The quantitative estimate of drug-likeness (QED) is 0.791. The lowest BCUT2D eigenvalue weighted by Gasteiger charge is -2.44. The van der Waals surface area contributed by atoms with Crippen molar-refractivity contribution in [3.63, 3.8) is 0 Å². The summed E-state index contributed by atoms with van der Waals surface area (Å²) in [6.45, 7) is 7.54. The average molecular weight is 410 g/mol. The van der Waals surface area contributed by atoms with Crippen LogP contribution >= 0.6 is 0 Å². The number of fused-ring (bicyclic) bond motifs is 1. The highest BCUT2D eigenvalue weighted by Crippen LogP contribution is 2.45. The molecule has 30 heavy (non-hydrogen) atoms.